The highest BCUT2D eigenvalue weighted by Gasteiger charge is 2.13. The number of piperidine rings is 1. The van der Waals surface area contributed by atoms with Crippen molar-refractivity contribution in [3.63, 3.8) is 0 Å². The molecule has 7 rings (SSSR count). The molecule has 0 aliphatic carbocycles. The van der Waals surface area contributed by atoms with Crippen LogP contribution in [0.4, 0.5) is 11.6 Å². The number of aryl methyl sites for hydroxylation is 2. The number of hydrogen-bond donors (Lipinski definition) is 4. The number of halogens is 2. The lowest BCUT2D eigenvalue weighted by Gasteiger charge is -2.26. The van der Waals surface area contributed by atoms with Crippen molar-refractivity contribution in [2.24, 2.45) is 0 Å². The molecule has 2 aromatic heterocycles. The predicted octanol–water partition coefficient (Wildman–Crippen LogP) is 8.64. The lowest BCUT2D eigenvalue weighted by Crippen LogP contribution is -2.37. The van der Waals surface area contributed by atoms with E-state index >= 15 is 0 Å². The number of aromatic nitrogens is 2. The van der Waals surface area contributed by atoms with Gasteiger partial charge in [0.25, 0.3) is 11.8 Å². The van der Waals surface area contributed by atoms with E-state index in [1.54, 1.807) is 12.4 Å². The van der Waals surface area contributed by atoms with Crippen molar-refractivity contribution in [2.45, 2.75) is 47.0 Å². The Morgan fingerprint density at radius 2 is 1.14 bits per heavy atom. The molecule has 2 amide bonds. The quantitative estimate of drug-likeness (QED) is 0.100. The summed E-state index contributed by atoms with van der Waals surface area (Å²) in [5.74, 6) is 13.2. The van der Waals surface area contributed by atoms with E-state index in [2.05, 4.69) is 67.9 Å². The number of amides is 2. The van der Waals surface area contributed by atoms with Crippen molar-refractivity contribution >= 4 is 68.2 Å². The van der Waals surface area contributed by atoms with Crippen LogP contribution in [0.5, 0.6) is 0 Å². The van der Waals surface area contributed by atoms with Crippen molar-refractivity contribution in [2.75, 3.05) is 63.8 Å². The number of pyridine rings is 2. The molecular formula is C51H54Cl2N8O2. The van der Waals surface area contributed by atoms with Gasteiger partial charge in [-0.05, 0) is 113 Å². The molecule has 0 atom stereocenters. The van der Waals surface area contributed by atoms with E-state index in [1.807, 2.05) is 86.6 Å². The number of carbonyl (C=O) groups excluding carboxylic acids is 2. The minimum Gasteiger partial charge on any atom is -0.383 e. The molecule has 1 fully saturated rings. The molecule has 3 heterocycles. The molecule has 12 heteroatoms. The Kier molecular flexibility index (Phi) is 16.4. The summed E-state index contributed by atoms with van der Waals surface area (Å²) in [6, 6.07) is 22.2. The van der Waals surface area contributed by atoms with E-state index in [-0.39, 0.29) is 11.8 Å². The van der Waals surface area contributed by atoms with E-state index in [4.69, 9.17) is 34.7 Å². The van der Waals surface area contributed by atoms with Gasteiger partial charge in [0.2, 0.25) is 0 Å². The molecule has 0 radical (unpaired) electrons. The first-order chi connectivity index (χ1) is 30.4. The fourth-order valence-corrected chi connectivity index (χ4v) is 7.64. The van der Waals surface area contributed by atoms with Crippen LogP contribution in [-0.4, -0.2) is 83.9 Å². The van der Waals surface area contributed by atoms with Gasteiger partial charge in [0, 0.05) is 92.4 Å². The van der Waals surface area contributed by atoms with E-state index < -0.39 is 0 Å². The lowest BCUT2D eigenvalue weighted by atomic mass is 10.0. The predicted molar refractivity (Wildman–Crippen MR) is 259 cm³/mol. The van der Waals surface area contributed by atoms with E-state index in [0.29, 0.717) is 57.0 Å². The van der Waals surface area contributed by atoms with Crippen molar-refractivity contribution in [1.29, 1.82) is 0 Å². The average Bonchev–Trinajstić information content (AvgIpc) is 3.28. The SMILES string of the molecule is CCN(CC)CCNC(=O)c1ccc(C)c(C#Cc2c(N)ncc3ccc(Cl)cc23)c1.Cc1ccc(C(=O)NCCN2CCCCC2)cc1C#Cc1c(N)ncc2ccc(Cl)cc12. The van der Waals surface area contributed by atoms with Gasteiger partial charge < -0.3 is 31.9 Å². The Balaban J connectivity index is 0.000000210. The fourth-order valence-electron chi connectivity index (χ4n) is 7.30. The largest absolute Gasteiger partial charge is 0.383 e. The maximum absolute atomic E-state index is 12.7. The first-order valence-electron chi connectivity index (χ1n) is 21.4. The fraction of sp³-hybridized carbons (Fsp3) is 0.294. The number of rotatable bonds is 10. The Hall–Kier alpha value is -6.14. The zero-order valence-corrected chi connectivity index (χ0v) is 37.9. The van der Waals surface area contributed by atoms with Gasteiger partial charge in [-0.15, -0.1) is 0 Å². The number of likely N-dealkylation sites (N-methyl/N-ethyl adjacent to an activating group) is 1. The van der Waals surface area contributed by atoms with Crippen molar-refractivity contribution < 1.29 is 9.59 Å². The number of benzene rings is 4. The number of hydrogen-bond acceptors (Lipinski definition) is 8. The van der Waals surface area contributed by atoms with E-state index in [9.17, 15) is 9.59 Å². The van der Waals surface area contributed by atoms with Crippen molar-refractivity contribution in [3.8, 4) is 23.7 Å². The summed E-state index contributed by atoms with van der Waals surface area (Å²) in [6.45, 7) is 15.3. The maximum Gasteiger partial charge on any atom is 0.251 e. The number of nitrogens with two attached hydrogens (primary N) is 2. The molecule has 1 aliphatic rings. The van der Waals surface area contributed by atoms with Crippen LogP contribution in [0.1, 0.15) is 87.2 Å². The highest BCUT2D eigenvalue weighted by atomic mass is 35.5. The normalized spacial score (nSPS) is 12.4. The first-order valence-corrected chi connectivity index (χ1v) is 22.1. The summed E-state index contributed by atoms with van der Waals surface area (Å²) in [5, 5.41) is 10.8. The summed E-state index contributed by atoms with van der Waals surface area (Å²) in [4.78, 5) is 38.4. The third-order valence-corrected chi connectivity index (χ3v) is 11.7. The third-order valence-electron chi connectivity index (χ3n) is 11.2. The molecule has 324 valence electrons. The summed E-state index contributed by atoms with van der Waals surface area (Å²) in [6.07, 6.45) is 7.23. The van der Waals surface area contributed by atoms with Crippen LogP contribution in [-0.2, 0) is 0 Å². The van der Waals surface area contributed by atoms with Crippen molar-refractivity contribution in [1.82, 2.24) is 30.4 Å². The second kappa shape index (κ2) is 22.3. The summed E-state index contributed by atoms with van der Waals surface area (Å²) in [7, 11) is 0. The van der Waals surface area contributed by atoms with Crippen LogP contribution in [0.15, 0.2) is 85.2 Å². The van der Waals surface area contributed by atoms with Crippen LogP contribution in [0.2, 0.25) is 10.0 Å². The molecular weight excluding hydrogens is 828 g/mol. The van der Waals surface area contributed by atoms with Gasteiger partial charge >= 0.3 is 0 Å². The minimum absolute atomic E-state index is 0.0804. The van der Waals surface area contributed by atoms with Crippen LogP contribution in [0.25, 0.3) is 21.5 Å². The molecule has 0 spiro atoms. The number of likely N-dealkylation sites (tertiary alicyclic amines) is 1. The maximum atomic E-state index is 12.7. The van der Waals surface area contributed by atoms with Gasteiger partial charge in [-0.3, -0.25) is 9.59 Å². The molecule has 0 saturated carbocycles. The molecule has 6 N–H and O–H groups in total. The second-order valence-corrected chi connectivity index (χ2v) is 16.4. The number of nitrogen functional groups attached to an aromatic ring is 2. The first kappa shape index (κ1) is 46.4. The zero-order valence-electron chi connectivity index (χ0n) is 36.4. The smallest absolute Gasteiger partial charge is 0.251 e. The summed E-state index contributed by atoms with van der Waals surface area (Å²) >= 11 is 12.3. The zero-order chi connectivity index (χ0) is 44.9. The van der Waals surface area contributed by atoms with Crippen LogP contribution in [0.3, 0.4) is 0 Å². The van der Waals surface area contributed by atoms with Gasteiger partial charge in [0.15, 0.2) is 0 Å². The van der Waals surface area contributed by atoms with E-state index in [1.165, 1.54) is 19.3 Å². The number of anilines is 2. The monoisotopic (exact) mass is 880 g/mol. The van der Waals surface area contributed by atoms with Crippen LogP contribution < -0.4 is 22.1 Å². The molecule has 4 aromatic carbocycles. The Bertz CT molecular complexity index is 2730. The van der Waals surface area contributed by atoms with Gasteiger partial charge in [-0.2, -0.15) is 0 Å². The highest BCUT2D eigenvalue weighted by molar-refractivity contribution is 6.31. The number of fused-ring (bicyclic) bond motifs is 2. The van der Waals surface area contributed by atoms with E-state index in [0.717, 1.165) is 83.1 Å². The molecule has 1 aliphatic heterocycles. The Labute approximate surface area is 380 Å². The molecule has 6 aromatic rings. The number of nitrogens with zero attached hydrogens (tertiary/aromatic N) is 4. The van der Waals surface area contributed by atoms with Gasteiger partial charge in [0.05, 0.1) is 11.1 Å². The topological polar surface area (TPSA) is 142 Å². The Morgan fingerprint density at radius 1 is 0.667 bits per heavy atom. The standard InChI is InChI=1S/C26H27ClN4O.C25H27ClN4O/c1-18-5-6-20(26(32)29-11-14-31-12-3-2-4-13-31)15-19(18)8-10-23-24-16-22(27)9-7-21(24)17-30-25(23)28;1-4-30(5-2)13-12-28-25(31)19-7-6-17(3)18(14-19)9-11-22-23-15-21(26)10-8-20(23)16-29-24(22)27/h5-7,9,15-17H,2-4,11-14H2,1H3,(H2,28,30)(H,29,32);6-8,10,14-16H,4-5,12-13H2,1-3H3,(H2,27,29)(H,28,31). The molecule has 63 heavy (non-hydrogen) atoms. The molecule has 0 bridgehead atoms. The molecule has 1 saturated heterocycles. The van der Waals surface area contributed by atoms with Gasteiger partial charge in [0.1, 0.15) is 11.6 Å². The van der Waals surface area contributed by atoms with Crippen molar-refractivity contribution in [3.05, 3.63) is 140 Å². The lowest BCUT2D eigenvalue weighted by molar-refractivity contribution is 0.0939. The number of nitrogens with one attached hydrogen (secondary N) is 2. The van der Waals surface area contributed by atoms with Crippen LogP contribution in [0, 0.1) is 37.5 Å². The summed E-state index contributed by atoms with van der Waals surface area (Å²) in [5.41, 5.74) is 18.2. The Morgan fingerprint density at radius 3 is 1.62 bits per heavy atom. The molecule has 0 unspecified atom stereocenters. The molecule has 10 nitrogen and oxygen atoms in total. The average molecular weight is 882 g/mol. The number of carbonyl (C=O) groups is 2. The third kappa shape index (κ3) is 12.5. The summed E-state index contributed by atoms with van der Waals surface area (Å²) < 4.78 is 0. The van der Waals surface area contributed by atoms with Crippen LogP contribution >= 0.6 is 23.2 Å². The minimum atomic E-state index is -0.103. The highest BCUT2D eigenvalue weighted by Crippen LogP contribution is 2.26. The van der Waals surface area contributed by atoms with Gasteiger partial charge in [-0.25, -0.2) is 9.97 Å². The second-order valence-electron chi connectivity index (χ2n) is 15.5. The van der Waals surface area contributed by atoms with Gasteiger partial charge in [-0.1, -0.05) is 91.4 Å².